The Morgan fingerprint density at radius 3 is 2.52 bits per heavy atom. The Morgan fingerprint density at radius 1 is 1.35 bits per heavy atom. The highest BCUT2D eigenvalue weighted by Gasteiger charge is 2.23. The lowest BCUT2D eigenvalue weighted by molar-refractivity contribution is -0.133. The van der Waals surface area contributed by atoms with E-state index in [1.807, 2.05) is 5.48 Å². The summed E-state index contributed by atoms with van der Waals surface area (Å²) in [6, 6.07) is 4.81. The second-order valence-corrected chi connectivity index (χ2v) is 4.78. The van der Waals surface area contributed by atoms with E-state index in [2.05, 4.69) is 18.5 Å². The van der Waals surface area contributed by atoms with E-state index in [1.54, 1.807) is 33.0 Å². The predicted octanol–water partition coefficient (Wildman–Crippen LogP) is 2.72. The van der Waals surface area contributed by atoms with Crippen LogP contribution in [-0.4, -0.2) is 24.2 Å². The number of rotatable bonds is 6. The lowest BCUT2D eigenvalue weighted by atomic mass is 10.1. The summed E-state index contributed by atoms with van der Waals surface area (Å²) in [5.41, 5.74) is 3.66. The molecule has 0 spiro atoms. The van der Waals surface area contributed by atoms with E-state index in [1.165, 1.54) is 12.1 Å². The van der Waals surface area contributed by atoms with E-state index in [-0.39, 0.29) is 16.8 Å². The van der Waals surface area contributed by atoms with Gasteiger partial charge in [-0.15, -0.1) is 0 Å². The molecule has 3 N–H and O–H groups in total. The van der Waals surface area contributed by atoms with Crippen LogP contribution in [0.5, 0.6) is 0 Å². The Balaban J connectivity index is 3.17. The average molecular weight is 316 g/mol. The molecule has 0 saturated heterocycles. The quantitative estimate of drug-likeness (QED) is 0.246. The molecule has 6 nitrogen and oxygen atoms in total. The minimum absolute atomic E-state index is 0.0778. The molecule has 1 aromatic rings. The van der Waals surface area contributed by atoms with E-state index in [0.717, 1.165) is 0 Å². The maximum Gasteiger partial charge on any atom is 0.348 e. The summed E-state index contributed by atoms with van der Waals surface area (Å²) >= 11 is 0. The number of aryl methyl sites for hydroxylation is 1. The molecular weight excluding hydrogens is 296 g/mol. The van der Waals surface area contributed by atoms with Crippen molar-refractivity contribution < 1.29 is 19.5 Å². The van der Waals surface area contributed by atoms with Gasteiger partial charge in [0.2, 0.25) is 0 Å². The van der Waals surface area contributed by atoms with E-state index < -0.39 is 11.9 Å². The molecule has 0 amide bonds. The number of carbonyl (C=O) groups is 2. The number of anilines is 1. The molecule has 0 heterocycles. The van der Waals surface area contributed by atoms with Gasteiger partial charge >= 0.3 is 11.9 Å². The molecule has 6 heteroatoms. The predicted molar refractivity (Wildman–Crippen MR) is 88.1 cm³/mol. The molecule has 0 saturated carbocycles. The van der Waals surface area contributed by atoms with Gasteiger partial charge < -0.3 is 10.1 Å². The van der Waals surface area contributed by atoms with Gasteiger partial charge in [0.25, 0.3) is 0 Å². The maximum absolute atomic E-state index is 12.3. The summed E-state index contributed by atoms with van der Waals surface area (Å²) in [7, 11) is 1.60. The van der Waals surface area contributed by atoms with Crippen molar-refractivity contribution in [3.05, 3.63) is 65.4 Å². The Morgan fingerprint density at radius 2 is 2.00 bits per heavy atom. The lowest BCUT2D eigenvalue weighted by Gasteiger charge is -2.13. The summed E-state index contributed by atoms with van der Waals surface area (Å²) in [4.78, 5) is 24.6. The fourth-order valence-electron chi connectivity index (χ4n) is 1.97. The SMILES string of the molecule is C=C/C(C)=C(\C(=C)NC)C(=O)OC(=O)c1c(C)cccc1NO. The third-order valence-electron chi connectivity index (χ3n) is 3.29. The lowest BCUT2D eigenvalue weighted by Crippen LogP contribution is -2.21. The van der Waals surface area contributed by atoms with Crippen molar-refractivity contribution in [2.75, 3.05) is 12.5 Å². The molecule has 23 heavy (non-hydrogen) atoms. The molecule has 0 fully saturated rings. The van der Waals surface area contributed by atoms with Gasteiger partial charge in [-0.25, -0.2) is 9.59 Å². The first-order chi connectivity index (χ1) is 10.9. The van der Waals surface area contributed by atoms with Gasteiger partial charge in [-0.3, -0.25) is 10.7 Å². The van der Waals surface area contributed by atoms with E-state index >= 15 is 0 Å². The Kier molecular flexibility index (Phi) is 6.29. The van der Waals surface area contributed by atoms with Crippen molar-refractivity contribution in [2.24, 2.45) is 0 Å². The van der Waals surface area contributed by atoms with Gasteiger partial charge in [0.05, 0.1) is 16.8 Å². The van der Waals surface area contributed by atoms with Crippen LogP contribution in [-0.2, 0) is 9.53 Å². The van der Waals surface area contributed by atoms with Crippen LogP contribution in [0.2, 0.25) is 0 Å². The highest BCUT2D eigenvalue weighted by molar-refractivity contribution is 6.07. The number of hydrogen-bond donors (Lipinski definition) is 3. The largest absolute Gasteiger partial charge is 0.388 e. The Hall–Kier alpha value is -2.86. The molecule has 0 atom stereocenters. The number of esters is 2. The number of allylic oxidation sites excluding steroid dienone is 2. The van der Waals surface area contributed by atoms with E-state index in [0.29, 0.717) is 16.8 Å². The van der Waals surface area contributed by atoms with Gasteiger partial charge in [-0.05, 0) is 31.1 Å². The molecule has 1 aromatic carbocycles. The van der Waals surface area contributed by atoms with Crippen LogP contribution >= 0.6 is 0 Å². The van der Waals surface area contributed by atoms with Crippen molar-refractivity contribution in [1.82, 2.24) is 5.32 Å². The normalized spacial score (nSPS) is 11.1. The van der Waals surface area contributed by atoms with Gasteiger partial charge in [0.15, 0.2) is 0 Å². The second-order valence-electron chi connectivity index (χ2n) is 4.78. The van der Waals surface area contributed by atoms with Gasteiger partial charge in [-0.1, -0.05) is 31.4 Å². The molecule has 1 rings (SSSR count). The van der Waals surface area contributed by atoms with Gasteiger partial charge in [0, 0.05) is 12.7 Å². The fourth-order valence-corrected chi connectivity index (χ4v) is 1.97. The smallest absolute Gasteiger partial charge is 0.348 e. The number of likely N-dealkylation sites (N-methyl/N-ethyl adjacent to an activating group) is 1. The summed E-state index contributed by atoms with van der Waals surface area (Å²) in [6.45, 7) is 10.6. The molecule has 122 valence electrons. The average Bonchev–Trinajstić information content (AvgIpc) is 2.53. The Labute approximate surface area is 135 Å². The minimum atomic E-state index is -0.872. The first kappa shape index (κ1) is 18.2. The summed E-state index contributed by atoms with van der Waals surface area (Å²) < 4.78 is 4.93. The van der Waals surface area contributed by atoms with Crippen molar-refractivity contribution >= 4 is 17.6 Å². The maximum atomic E-state index is 12.3. The fraction of sp³-hybridized carbons (Fsp3) is 0.176. The molecule has 0 aliphatic heterocycles. The van der Waals surface area contributed by atoms with Crippen molar-refractivity contribution in [1.29, 1.82) is 0 Å². The van der Waals surface area contributed by atoms with Crippen molar-refractivity contribution in [2.45, 2.75) is 13.8 Å². The summed E-state index contributed by atoms with van der Waals surface area (Å²) in [5, 5.41) is 11.8. The number of benzene rings is 1. The highest BCUT2D eigenvalue weighted by Crippen LogP contribution is 2.22. The number of carbonyl (C=O) groups excluding carboxylic acids is 2. The van der Waals surface area contributed by atoms with Crippen LogP contribution < -0.4 is 10.8 Å². The van der Waals surface area contributed by atoms with Crippen LogP contribution in [0.1, 0.15) is 22.8 Å². The highest BCUT2D eigenvalue weighted by atomic mass is 16.6. The summed E-state index contributed by atoms with van der Waals surface area (Å²) in [5.74, 6) is -1.72. The number of ether oxygens (including phenoxy) is 1. The molecule has 0 aliphatic carbocycles. The molecule has 0 aliphatic rings. The second kappa shape index (κ2) is 7.95. The van der Waals surface area contributed by atoms with E-state index in [4.69, 9.17) is 9.94 Å². The monoisotopic (exact) mass is 316 g/mol. The first-order valence-electron chi connectivity index (χ1n) is 6.83. The number of hydrogen-bond acceptors (Lipinski definition) is 6. The molecule has 0 radical (unpaired) electrons. The van der Waals surface area contributed by atoms with Crippen LogP contribution in [0.3, 0.4) is 0 Å². The van der Waals surface area contributed by atoms with E-state index in [9.17, 15) is 9.59 Å². The molecular formula is C17H20N2O4. The third kappa shape index (κ3) is 4.08. The molecule has 0 bridgehead atoms. The zero-order valence-corrected chi connectivity index (χ0v) is 13.4. The molecule has 0 unspecified atom stereocenters. The van der Waals surface area contributed by atoms with Crippen molar-refractivity contribution in [3.63, 3.8) is 0 Å². The third-order valence-corrected chi connectivity index (χ3v) is 3.29. The van der Waals surface area contributed by atoms with Gasteiger partial charge in [0.1, 0.15) is 0 Å². The minimum Gasteiger partial charge on any atom is -0.388 e. The zero-order valence-electron chi connectivity index (χ0n) is 13.4. The van der Waals surface area contributed by atoms with Crippen LogP contribution in [0.15, 0.2) is 54.3 Å². The topological polar surface area (TPSA) is 87.7 Å². The van der Waals surface area contributed by atoms with Crippen LogP contribution in [0.4, 0.5) is 5.69 Å². The molecule has 0 aromatic heterocycles. The number of nitrogens with one attached hydrogen (secondary N) is 2. The summed E-state index contributed by atoms with van der Waals surface area (Å²) in [6.07, 6.45) is 1.47. The van der Waals surface area contributed by atoms with Gasteiger partial charge in [-0.2, -0.15) is 0 Å². The zero-order chi connectivity index (χ0) is 17.6. The van der Waals surface area contributed by atoms with Crippen molar-refractivity contribution in [3.8, 4) is 0 Å². The Bertz CT molecular complexity index is 690. The van der Waals surface area contributed by atoms with Crippen LogP contribution in [0.25, 0.3) is 0 Å². The standard InChI is InChI=1S/C17H20N2O4/c1-6-10(2)14(12(4)18-5)16(20)23-17(21)15-11(3)8-7-9-13(15)19-22/h6-9,18-19,22H,1,4H2,2-3,5H3/b14-10+. The first-order valence-corrected chi connectivity index (χ1v) is 6.83. The van der Waals surface area contributed by atoms with Crippen LogP contribution in [0, 0.1) is 6.92 Å².